The Morgan fingerprint density at radius 3 is 2.79 bits per heavy atom. The highest BCUT2D eigenvalue weighted by Gasteiger charge is 2.13. The van der Waals surface area contributed by atoms with E-state index < -0.39 is 0 Å². The zero-order valence-corrected chi connectivity index (χ0v) is 11.8. The quantitative estimate of drug-likeness (QED) is 0.786. The number of aromatic nitrogens is 2. The summed E-state index contributed by atoms with van der Waals surface area (Å²) in [6.45, 7) is 0. The zero-order valence-electron chi connectivity index (χ0n) is 10.2. The molecule has 3 rings (SSSR count). The monoisotopic (exact) mass is 318 g/mol. The molecule has 0 saturated carbocycles. The second kappa shape index (κ2) is 4.59. The fourth-order valence-corrected chi connectivity index (χ4v) is 2.51. The molecule has 0 radical (unpaired) electrons. The summed E-state index contributed by atoms with van der Waals surface area (Å²) in [6, 6.07) is 9.29. The predicted molar refractivity (Wildman–Crippen MR) is 77.0 cm³/mol. The molecule has 0 aliphatic carbocycles. The Labute approximate surface area is 118 Å². The predicted octanol–water partition coefficient (Wildman–Crippen LogP) is 3.50. The third-order valence-corrected chi connectivity index (χ3v) is 3.46. The van der Waals surface area contributed by atoms with E-state index in [1.807, 2.05) is 30.5 Å². The van der Waals surface area contributed by atoms with Crippen molar-refractivity contribution < 1.29 is 9.84 Å². The Morgan fingerprint density at radius 2 is 2.11 bits per heavy atom. The molecule has 5 heteroatoms. The number of rotatable bonds is 2. The number of ether oxygens (including phenoxy) is 1. The van der Waals surface area contributed by atoms with E-state index in [0.717, 1.165) is 20.9 Å². The van der Waals surface area contributed by atoms with Gasteiger partial charge in [0.1, 0.15) is 0 Å². The van der Waals surface area contributed by atoms with Gasteiger partial charge in [0, 0.05) is 33.7 Å². The van der Waals surface area contributed by atoms with Gasteiger partial charge in [0.15, 0.2) is 11.5 Å². The third kappa shape index (κ3) is 1.96. The summed E-state index contributed by atoms with van der Waals surface area (Å²) in [4.78, 5) is 0. The van der Waals surface area contributed by atoms with Gasteiger partial charge in [0.2, 0.25) is 0 Å². The molecule has 0 spiro atoms. The molecule has 0 atom stereocenters. The fraction of sp³-hybridized carbons (Fsp3) is 0.0714. The number of methoxy groups -OCH3 is 1. The number of phenolic OH excluding ortho intramolecular Hbond substituents is 1. The van der Waals surface area contributed by atoms with E-state index in [-0.39, 0.29) is 5.75 Å². The number of benzene rings is 2. The average Bonchev–Trinajstić information content (AvgIpc) is 2.92. The minimum atomic E-state index is 0.0998. The first-order valence-corrected chi connectivity index (χ1v) is 6.49. The van der Waals surface area contributed by atoms with E-state index in [4.69, 9.17) is 4.74 Å². The Bertz CT molecular complexity index is 739. The molecule has 1 heterocycles. The first-order chi connectivity index (χ1) is 9.20. The molecule has 0 bridgehead atoms. The normalized spacial score (nSPS) is 10.8. The summed E-state index contributed by atoms with van der Waals surface area (Å²) in [5, 5.41) is 16.1. The number of hydrogen-bond donors (Lipinski definition) is 1. The molecule has 2 aromatic carbocycles. The molecule has 1 aromatic heterocycles. The Morgan fingerprint density at radius 1 is 1.26 bits per heavy atom. The SMILES string of the molecule is COc1c(O)cc(-n2cccn2)c2cc(Br)ccc12. The van der Waals surface area contributed by atoms with E-state index in [1.54, 1.807) is 24.1 Å². The van der Waals surface area contributed by atoms with Crippen LogP contribution in [-0.4, -0.2) is 22.0 Å². The Hall–Kier alpha value is -2.01. The van der Waals surface area contributed by atoms with Gasteiger partial charge >= 0.3 is 0 Å². The zero-order chi connectivity index (χ0) is 13.4. The standard InChI is InChI=1S/C14H11BrN2O2/c1-19-14-10-4-3-9(15)7-11(10)12(8-13(14)18)17-6-2-5-16-17/h2-8,18H,1H3. The lowest BCUT2D eigenvalue weighted by atomic mass is 10.1. The van der Waals surface area contributed by atoms with Crippen molar-refractivity contribution in [3.63, 3.8) is 0 Å². The second-order valence-corrected chi connectivity index (χ2v) is 5.00. The average molecular weight is 319 g/mol. The summed E-state index contributed by atoms with van der Waals surface area (Å²) in [6.07, 6.45) is 3.53. The van der Waals surface area contributed by atoms with E-state index in [0.29, 0.717) is 5.75 Å². The molecule has 0 fully saturated rings. The molecule has 0 saturated heterocycles. The van der Waals surface area contributed by atoms with Crippen LogP contribution < -0.4 is 4.74 Å². The van der Waals surface area contributed by atoms with Crippen LogP contribution in [-0.2, 0) is 0 Å². The van der Waals surface area contributed by atoms with Gasteiger partial charge in [-0.1, -0.05) is 15.9 Å². The van der Waals surface area contributed by atoms with Crippen LogP contribution in [0.1, 0.15) is 0 Å². The maximum absolute atomic E-state index is 10.1. The highest BCUT2D eigenvalue weighted by atomic mass is 79.9. The molecule has 0 aliphatic rings. The summed E-state index contributed by atoms with van der Waals surface area (Å²) in [7, 11) is 1.55. The van der Waals surface area contributed by atoms with Gasteiger partial charge in [-0.05, 0) is 24.3 Å². The van der Waals surface area contributed by atoms with Crippen molar-refractivity contribution >= 4 is 26.7 Å². The highest BCUT2D eigenvalue weighted by molar-refractivity contribution is 9.10. The van der Waals surface area contributed by atoms with Crippen molar-refractivity contribution in [2.45, 2.75) is 0 Å². The smallest absolute Gasteiger partial charge is 0.168 e. The molecule has 4 nitrogen and oxygen atoms in total. The molecular weight excluding hydrogens is 308 g/mol. The Balaban J connectivity index is 2.42. The molecule has 0 amide bonds. The van der Waals surface area contributed by atoms with E-state index in [1.165, 1.54) is 0 Å². The van der Waals surface area contributed by atoms with Crippen LogP contribution in [0.15, 0.2) is 47.2 Å². The van der Waals surface area contributed by atoms with Crippen molar-refractivity contribution in [1.82, 2.24) is 9.78 Å². The largest absolute Gasteiger partial charge is 0.504 e. The lowest BCUT2D eigenvalue weighted by Gasteiger charge is -2.13. The second-order valence-electron chi connectivity index (χ2n) is 4.09. The van der Waals surface area contributed by atoms with Crippen molar-refractivity contribution in [2.24, 2.45) is 0 Å². The fourth-order valence-electron chi connectivity index (χ4n) is 2.15. The topological polar surface area (TPSA) is 47.3 Å². The molecule has 96 valence electrons. The third-order valence-electron chi connectivity index (χ3n) is 2.96. The van der Waals surface area contributed by atoms with Gasteiger partial charge < -0.3 is 9.84 Å². The molecule has 1 N–H and O–H groups in total. The number of phenols is 1. The molecule has 19 heavy (non-hydrogen) atoms. The number of hydrogen-bond acceptors (Lipinski definition) is 3. The van der Waals surface area contributed by atoms with Crippen LogP contribution in [0.4, 0.5) is 0 Å². The maximum Gasteiger partial charge on any atom is 0.168 e. The number of nitrogens with zero attached hydrogens (tertiary/aromatic N) is 2. The van der Waals surface area contributed by atoms with E-state index >= 15 is 0 Å². The van der Waals surface area contributed by atoms with Crippen LogP contribution in [0, 0.1) is 0 Å². The lowest BCUT2D eigenvalue weighted by Crippen LogP contribution is -1.97. The minimum Gasteiger partial charge on any atom is -0.504 e. The van der Waals surface area contributed by atoms with Gasteiger partial charge in [-0.15, -0.1) is 0 Å². The van der Waals surface area contributed by atoms with Crippen molar-refractivity contribution in [1.29, 1.82) is 0 Å². The van der Waals surface area contributed by atoms with Crippen LogP contribution >= 0.6 is 15.9 Å². The molecule has 0 aliphatic heterocycles. The van der Waals surface area contributed by atoms with Crippen LogP contribution in [0.2, 0.25) is 0 Å². The lowest BCUT2D eigenvalue weighted by molar-refractivity contribution is 0.378. The summed E-state index contributed by atoms with van der Waals surface area (Å²) >= 11 is 3.46. The highest BCUT2D eigenvalue weighted by Crippen LogP contribution is 2.39. The van der Waals surface area contributed by atoms with Crippen LogP contribution in [0.3, 0.4) is 0 Å². The minimum absolute atomic E-state index is 0.0998. The van der Waals surface area contributed by atoms with Gasteiger partial charge in [0.05, 0.1) is 12.8 Å². The van der Waals surface area contributed by atoms with Gasteiger partial charge in [0.25, 0.3) is 0 Å². The van der Waals surface area contributed by atoms with Crippen LogP contribution in [0.25, 0.3) is 16.5 Å². The first-order valence-electron chi connectivity index (χ1n) is 5.70. The number of fused-ring (bicyclic) bond motifs is 1. The number of aromatic hydroxyl groups is 1. The van der Waals surface area contributed by atoms with Crippen molar-refractivity contribution in [3.05, 3.63) is 47.2 Å². The van der Waals surface area contributed by atoms with Gasteiger partial charge in [-0.2, -0.15) is 5.10 Å². The van der Waals surface area contributed by atoms with E-state index in [9.17, 15) is 5.11 Å². The van der Waals surface area contributed by atoms with Crippen LogP contribution in [0.5, 0.6) is 11.5 Å². The van der Waals surface area contributed by atoms with Gasteiger partial charge in [-0.25, -0.2) is 4.68 Å². The Kier molecular flexibility index (Phi) is 2.91. The van der Waals surface area contributed by atoms with Crippen molar-refractivity contribution in [2.75, 3.05) is 7.11 Å². The maximum atomic E-state index is 10.1. The molecular formula is C14H11BrN2O2. The number of halogens is 1. The summed E-state index contributed by atoms with van der Waals surface area (Å²) in [5.74, 6) is 0.571. The van der Waals surface area contributed by atoms with Crippen molar-refractivity contribution in [3.8, 4) is 17.2 Å². The first kappa shape index (κ1) is 12.0. The summed E-state index contributed by atoms with van der Waals surface area (Å²) in [5.41, 5.74) is 0.805. The molecule has 0 unspecified atom stereocenters. The van der Waals surface area contributed by atoms with E-state index in [2.05, 4.69) is 21.0 Å². The molecule has 3 aromatic rings. The van der Waals surface area contributed by atoms with Gasteiger partial charge in [-0.3, -0.25) is 0 Å². The summed E-state index contributed by atoms with van der Waals surface area (Å²) < 4.78 is 7.95.